The van der Waals surface area contributed by atoms with Crippen LogP contribution in [0.25, 0.3) is 0 Å². The van der Waals surface area contributed by atoms with Crippen molar-refractivity contribution >= 4 is 0 Å². The molecule has 0 aliphatic carbocycles. The van der Waals surface area contributed by atoms with Gasteiger partial charge in [-0.1, -0.05) is 0 Å². The molecule has 0 aromatic heterocycles. The largest absolute Gasteiger partial charge is 3.00 e. The molecule has 0 saturated heterocycles. The van der Waals surface area contributed by atoms with E-state index in [2.05, 4.69) is 0 Å². The van der Waals surface area contributed by atoms with Gasteiger partial charge in [-0.05, 0) is 0 Å². The van der Waals surface area contributed by atoms with Crippen molar-refractivity contribution < 1.29 is 96.5 Å². The summed E-state index contributed by atoms with van der Waals surface area (Å²) in [6.45, 7) is 0. The summed E-state index contributed by atoms with van der Waals surface area (Å²) in [7, 11) is 0. The van der Waals surface area contributed by atoms with Gasteiger partial charge in [-0.3, -0.25) is 0 Å². The topological polar surface area (TPSA) is 0 Å². The summed E-state index contributed by atoms with van der Waals surface area (Å²) in [4.78, 5) is 0. The van der Waals surface area contributed by atoms with E-state index >= 15 is 0 Å². The number of hydrogen-bond donors (Lipinski definition) is 0. The maximum Gasteiger partial charge on any atom is 3.00 e. The van der Waals surface area contributed by atoms with Crippen LogP contribution in [0, 0.1) is 35.6 Å². The monoisotopic (exact) mass is 342 g/mol. The molecule has 0 unspecified atom stereocenters. The van der Waals surface area contributed by atoms with Crippen LogP contribution in [0.2, 0.25) is 0 Å². The van der Waals surface area contributed by atoms with Crippen LogP contribution in [0.3, 0.4) is 0 Å². The molecule has 0 aliphatic heterocycles. The normalized spacial score (nSPS) is 0. The van der Waals surface area contributed by atoms with E-state index in [4.69, 9.17) is 0 Å². The first kappa shape index (κ1) is 221. The second kappa shape index (κ2) is 156. The van der Waals surface area contributed by atoms with Crippen molar-refractivity contribution in [2.24, 2.45) is 0 Å². The van der Waals surface area contributed by atoms with E-state index in [0.29, 0.717) is 0 Å². The van der Waals surface area contributed by atoms with E-state index in [1.165, 1.54) is 0 Å². The van der Waals surface area contributed by atoms with Crippen LogP contribution in [0.5, 0.6) is 0 Å². The van der Waals surface area contributed by atoms with Crippen molar-refractivity contribution in [1.82, 2.24) is 0 Å². The minimum atomic E-state index is 0. The van der Waals surface area contributed by atoms with Crippen LogP contribution in [-0.4, -0.2) is 0 Å². The Morgan fingerprint density at radius 1 is 0.375 bits per heavy atom. The van der Waals surface area contributed by atoms with Gasteiger partial charge in [0.05, 0.1) is 0 Å². The first-order valence-electron chi connectivity index (χ1n) is 0. The molecule has 0 radical (unpaired) electrons. The molecule has 0 heterocycles. The SMILES string of the molecule is [F-].[F-].[F-].[F-].[F-].[F-].[La+3].[Y+3]. The first-order chi connectivity index (χ1) is 0. The predicted molar refractivity (Wildman–Crippen MR) is 0 cm³/mol. The Balaban J connectivity index is 0. The van der Waals surface area contributed by atoms with Gasteiger partial charge in [-0.2, -0.15) is 0 Å². The molecule has 0 bridgehead atoms. The van der Waals surface area contributed by atoms with Crippen LogP contribution in [0.1, 0.15) is 0 Å². The zero-order valence-electron chi connectivity index (χ0n) is 3.42. The standard InChI is InChI=1S/6FH.La.Y/h6*1H;;/q;;;;;;2*+3/p-6. The van der Waals surface area contributed by atoms with Gasteiger partial charge in [-0.25, -0.2) is 0 Å². The molecule has 0 nitrogen and oxygen atoms in total. The molecule has 0 aromatic rings. The van der Waals surface area contributed by atoms with Crippen LogP contribution in [-0.2, 0) is 32.7 Å². The third-order valence-electron chi connectivity index (χ3n) is 0. The molecule has 8 heteroatoms. The summed E-state index contributed by atoms with van der Waals surface area (Å²) in [6.07, 6.45) is 0. The number of halogens is 6. The molecule has 8 heavy (non-hydrogen) atoms. The molecule has 0 atom stereocenters. The Kier molecular flexibility index (Phi) is 4310. The third kappa shape index (κ3) is 106. The minimum absolute atomic E-state index is 0. The summed E-state index contributed by atoms with van der Waals surface area (Å²) in [5.41, 5.74) is 0. The third-order valence-corrected chi connectivity index (χ3v) is 0. The zero-order chi connectivity index (χ0) is 0. The van der Waals surface area contributed by atoms with Crippen molar-refractivity contribution in [2.45, 2.75) is 0 Å². The fraction of sp³-hybridized carbons (Fsp3) is 0. The van der Waals surface area contributed by atoms with Gasteiger partial charge >= 0.3 is 68.3 Å². The van der Waals surface area contributed by atoms with Gasteiger partial charge < -0.3 is 28.2 Å². The first-order valence-corrected chi connectivity index (χ1v) is 0. The fourth-order valence-corrected chi connectivity index (χ4v) is 0. The Labute approximate surface area is 95.2 Å². The quantitative estimate of drug-likeness (QED) is 0.384. The van der Waals surface area contributed by atoms with Crippen LogP contribution in [0.4, 0.5) is 0 Å². The van der Waals surface area contributed by atoms with Crippen LogP contribution in [0.15, 0.2) is 0 Å². The molecule has 0 fully saturated rings. The average Bonchev–Trinajstić information content (AvgIpc) is 0. The van der Waals surface area contributed by atoms with Crippen molar-refractivity contribution in [3.8, 4) is 0 Å². The molecular weight excluding hydrogens is 342 g/mol. The van der Waals surface area contributed by atoms with Gasteiger partial charge in [0, 0.05) is 0 Å². The van der Waals surface area contributed by atoms with E-state index in [1.54, 1.807) is 0 Å². The van der Waals surface area contributed by atoms with E-state index in [9.17, 15) is 0 Å². The molecule has 0 N–H and O–H groups in total. The summed E-state index contributed by atoms with van der Waals surface area (Å²) in [5.74, 6) is 0. The Morgan fingerprint density at radius 3 is 0.375 bits per heavy atom. The van der Waals surface area contributed by atoms with Crippen LogP contribution < -0.4 is 28.2 Å². The Morgan fingerprint density at radius 2 is 0.375 bits per heavy atom. The van der Waals surface area contributed by atoms with Crippen molar-refractivity contribution in [3.63, 3.8) is 0 Å². The average molecular weight is 342 g/mol. The van der Waals surface area contributed by atoms with Gasteiger partial charge in [0.15, 0.2) is 0 Å². The van der Waals surface area contributed by atoms with Crippen LogP contribution >= 0.6 is 0 Å². The van der Waals surface area contributed by atoms with E-state index < -0.39 is 0 Å². The molecule has 0 spiro atoms. The predicted octanol–water partition coefficient (Wildman–Crippen LogP) is -18.0. The molecule has 0 amide bonds. The maximum atomic E-state index is 0. The van der Waals surface area contributed by atoms with Gasteiger partial charge in [0.25, 0.3) is 0 Å². The van der Waals surface area contributed by atoms with E-state index in [0.717, 1.165) is 0 Å². The molecule has 0 aliphatic rings. The van der Waals surface area contributed by atoms with Gasteiger partial charge in [0.2, 0.25) is 0 Å². The number of rotatable bonds is 0. The van der Waals surface area contributed by atoms with E-state index in [1.807, 2.05) is 0 Å². The second-order valence-electron chi connectivity index (χ2n) is 0. The summed E-state index contributed by atoms with van der Waals surface area (Å²) in [5, 5.41) is 0. The minimum Gasteiger partial charge on any atom is -1.00 e. The molecular formula is F6LaY. The summed E-state index contributed by atoms with van der Waals surface area (Å²) >= 11 is 0. The molecule has 0 saturated carbocycles. The van der Waals surface area contributed by atoms with E-state index in [-0.39, 0.29) is 96.5 Å². The molecule has 0 rings (SSSR count). The molecule has 48 valence electrons. The summed E-state index contributed by atoms with van der Waals surface area (Å²) in [6, 6.07) is 0. The maximum absolute atomic E-state index is 0. The van der Waals surface area contributed by atoms with Crippen molar-refractivity contribution in [2.75, 3.05) is 0 Å². The second-order valence-corrected chi connectivity index (χ2v) is 0. The Hall–Kier alpha value is 1.88. The van der Waals surface area contributed by atoms with Gasteiger partial charge in [0.1, 0.15) is 0 Å². The zero-order valence-corrected chi connectivity index (χ0v) is 9.89. The van der Waals surface area contributed by atoms with Crippen molar-refractivity contribution in [3.05, 3.63) is 0 Å². The number of hydrogen-bond acceptors (Lipinski definition) is 0. The molecule has 0 aromatic carbocycles. The van der Waals surface area contributed by atoms with Crippen molar-refractivity contribution in [1.29, 1.82) is 0 Å². The smallest absolute Gasteiger partial charge is 1.00 e. The fourth-order valence-electron chi connectivity index (χ4n) is 0. The van der Waals surface area contributed by atoms with Gasteiger partial charge in [-0.15, -0.1) is 0 Å². The summed E-state index contributed by atoms with van der Waals surface area (Å²) < 4.78 is 0. The Bertz CT molecular complexity index is 8.49.